The lowest BCUT2D eigenvalue weighted by molar-refractivity contribution is -0.117. The normalized spacial score (nSPS) is 26.6. The standard InChI is InChI=1S/C3H4ClN3O/c4-3-1-7(2-8)6-5-3/h2-3H,1H2. The van der Waals surface area contributed by atoms with E-state index in [1.165, 1.54) is 0 Å². The smallest absolute Gasteiger partial charge is 0.231 e. The molecule has 1 aliphatic rings. The van der Waals surface area contributed by atoms with Crippen LogP contribution >= 0.6 is 11.6 Å². The molecule has 0 spiro atoms. The van der Waals surface area contributed by atoms with Crippen LogP contribution in [0, 0.1) is 0 Å². The number of alkyl halides is 1. The highest BCUT2D eigenvalue weighted by atomic mass is 35.5. The van der Waals surface area contributed by atoms with Gasteiger partial charge >= 0.3 is 0 Å². The molecule has 0 saturated heterocycles. The van der Waals surface area contributed by atoms with E-state index in [0.29, 0.717) is 13.0 Å². The molecule has 0 N–H and O–H groups in total. The van der Waals surface area contributed by atoms with Gasteiger partial charge < -0.3 is 0 Å². The van der Waals surface area contributed by atoms with Crippen molar-refractivity contribution in [2.45, 2.75) is 5.50 Å². The van der Waals surface area contributed by atoms with Crippen LogP contribution in [-0.2, 0) is 4.79 Å². The lowest BCUT2D eigenvalue weighted by atomic mass is 10.6. The summed E-state index contributed by atoms with van der Waals surface area (Å²) in [6.07, 6.45) is 0.589. The van der Waals surface area contributed by atoms with Gasteiger partial charge in [0.2, 0.25) is 6.41 Å². The van der Waals surface area contributed by atoms with E-state index in [9.17, 15) is 4.79 Å². The van der Waals surface area contributed by atoms with Crippen LogP contribution in [0.25, 0.3) is 0 Å². The van der Waals surface area contributed by atoms with E-state index >= 15 is 0 Å². The lowest BCUT2D eigenvalue weighted by Gasteiger charge is -1.97. The SMILES string of the molecule is O=CN1CC(Cl)N=N1. The molecule has 0 aromatic rings. The summed E-state index contributed by atoms with van der Waals surface area (Å²) in [7, 11) is 0. The summed E-state index contributed by atoms with van der Waals surface area (Å²) in [4.78, 5) is 9.87. The van der Waals surface area contributed by atoms with Crippen molar-refractivity contribution in [1.29, 1.82) is 0 Å². The van der Waals surface area contributed by atoms with Crippen molar-refractivity contribution < 1.29 is 4.79 Å². The second kappa shape index (κ2) is 2.09. The van der Waals surface area contributed by atoms with E-state index < -0.39 is 0 Å². The number of amides is 1. The first kappa shape index (κ1) is 5.50. The fourth-order valence-electron chi connectivity index (χ4n) is 0.414. The Kier molecular flexibility index (Phi) is 1.43. The van der Waals surface area contributed by atoms with Crippen LogP contribution in [0.4, 0.5) is 0 Å². The Bertz CT molecular complexity index is 126. The molecule has 8 heavy (non-hydrogen) atoms. The maximum absolute atomic E-state index is 9.87. The Labute approximate surface area is 51.1 Å². The van der Waals surface area contributed by atoms with E-state index in [1.807, 2.05) is 0 Å². The minimum atomic E-state index is -0.347. The fraction of sp³-hybridized carbons (Fsp3) is 0.667. The molecular formula is C3H4ClN3O. The first-order valence-electron chi connectivity index (χ1n) is 2.09. The van der Waals surface area contributed by atoms with E-state index in [0.717, 1.165) is 5.01 Å². The highest BCUT2D eigenvalue weighted by Crippen LogP contribution is 2.08. The quantitative estimate of drug-likeness (QED) is 0.290. The first-order chi connectivity index (χ1) is 3.83. The molecule has 0 aromatic heterocycles. The molecule has 1 amide bonds. The number of carbonyl (C=O) groups excluding carboxylic acids is 1. The topological polar surface area (TPSA) is 45.0 Å². The summed E-state index contributed by atoms with van der Waals surface area (Å²) >= 11 is 5.42. The number of rotatable bonds is 1. The average Bonchev–Trinajstić information content (AvgIpc) is 2.14. The molecule has 1 heterocycles. The van der Waals surface area contributed by atoms with Crippen molar-refractivity contribution >= 4 is 18.0 Å². The van der Waals surface area contributed by atoms with Crippen molar-refractivity contribution in [2.24, 2.45) is 10.3 Å². The van der Waals surface area contributed by atoms with Crippen LogP contribution in [-0.4, -0.2) is 23.5 Å². The van der Waals surface area contributed by atoms with Gasteiger partial charge in [0.1, 0.15) is 0 Å². The summed E-state index contributed by atoms with van der Waals surface area (Å²) in [5.74, 6) is 0. The third-order valence-electron chi connectivity index (χ3n) is 0.751. The number of halogens is 1. The molecule has 44 valence electrons. The molecule has 1 unspecified atom stereocenters. The summed E-state index contributed by atoms with van der Waals surface area (Å²) in [5.41, 5.74) is -0.347. The zero-order chi connectivity index (χ0) is 5.98. The van der Waals surface area contributed by atoms with Crippen LogP contribution in [0.5, 0.6) is 0 Å². The van der Waals surface area contributed by atoms with Gasteiger partial charge in [0.25, 0.3) is 0 Å². The molecule has 1 atom stereocenters. The summed E-state index contributed by atoms with van der Waals surface area (Å²) in [5, 5.41) is 8.02. The molecule has 0 aromatic carbocycles. The van der Waals surface area contributed by atoms with Crippen molar-refractivity contribution in [3.8, 4) is 0 Å². The maximum Gasteiger partial charge on any atom is 0.231 e. The van der Waals surface area contributed by atoms with Crippen LogP contribution < -0.4 is 0 Å². The zero-order valence-electron chi connectivity index (χ0n) is 3.99. The van der Waals surface area contributed by atoms with Crippen LogP contribution in [0.2, 0.25) is 0 Å². The molecule has 1 rings (SSSR count). The molecule has 4 nitrogen and oxygen atoms in total. The zero-order valence-corrected chi connectivity index (χ0v) is 4.75. The molecule has 5 heteroatoms. The molecule has 0 radical (unpaired) electrons. The summed E-state index contributed by atoms with van der Waals surface area (Å²) < 4.78 is 0. The van der Waals surface area contributed by atoms with Gasteiger partial charge in [-0.25, -0.2) is 5.01 Å². The molecular weight excluding hydrogens is 130 g/mol. The van der Waals surface area contributed by atoms with E-state index in [4.69, 9.17) is 11.6 Å². The summed E-state index contributed by atoms with van der Waals surface area (Å²) in [6.45, 7) is 0.394. The minimum absolute atomic E-state index is 0.347. The van der Waals surface area contributed by atoms with E-state index in [2.05, 4.69) is 10.3 Å². The maximum atomic E-state index is 9.87. The number of hydrogen-bond acceptors (Lipinski definition) is 3. The van der Waals surface area contributed by atoms with Gasteiger partial charge in [0.05, 0.1) is 6.54 Å². The molecule has 0 bridgehead atoms. The van der Waals surface area contributed by atoms with Gasteiger partial charge in [-0.15, -0.1) is 5.11 Å². The molecule has 0 aliphatic carbocycles. The highest BCUT2D eigenvalue weighted by Gasteiger charge is 2.14. The van der Waals surface area contributed by atoms with Gasteiger partial charge in [-0.2, -0.15) is 0 Å². The van der Waals surface area contributed by atoms with Crippen LogP contribution in [0.1, 0.15) is 0 Å². The monoisotopic (exact) mass is 133 g/mol. The Morgan fingerprint density at radius 1 is 1.88 bits per heavy atom. The van der Waals surface area contributed by atoms with Gasteiger partial charge in [-0.05, 0) is 0 Å². The first-order valence-corrected chi connectivity index (χ1v) is 2.53. The van der Waals surface area contributed by atoms with Crippen molar-refractivity contribution in [2.75, 3.05) is 6.54 Å². The van der Waals surface area contributed by atoms with Crippen molar-refractivity contribution in [1.82, 2.24) is 5.01 Å². The number of nitrogens with zero attached hydrogens (tertiary/aromatic N) is 3. The van der Waals surface area contributed by atoms with E-state index in [-0.39, 0.29) is 5.50 Å². The number of hydrogen-bond donors (Lipinski definition) is 0. The predicted octanol–water partition coefficient (Wildman–Crippen LogP) is 0.390. The highest BCUT2D eigenvalue weighted by molar-refractivity contribution is 6.20. The van der Waals surface area contributed by atoms with Gasteiger partial charge in [0.15, 0.2) is 5.50 Å². The summed E-state index contributed by atoms with van der Waals surface area (Å²) in [6, 6.07) is 0. The third-order valence-corrected chi connectivity index (χ3v) is 0.977. The van der Waals surface area contributed by atoms with Gasteiger partial charge in [0, 0.05) is 0 Å². The fourth-order valence-corrected chi connectivity index (χ4v) is 0.594. The minimum Gasteiger partial charge on any atom is -0.277 e. The van der Waals surface area contributed by atoms with Crippen molar-refractivity contribution in [3.63, 3.8) is 0 Å². The van der Waals surface area contributed by atoms with Gasteiger partial charge in [-0.1, -0.05) is 16.8 Å². The van der Waals surface area contributed by atoms with Crippen LogP contribution in [0.3, 0.4) is 0 Å². The molecule has 0 saturated carbocycles. The molecule has 0 fully saturated rings. The van der Waals surface area contributed by atoms with E-state index in [1.54, 1.807) is 0 Å². The predicted molar refractivity (Wildman–Crippen MR) is 27.3 cm³/mol. The number of carbonyl (C=O) groups is 1. The second-order valence-electron chi connectivity index (χ2n) is 1.37. The third kappa shape index (κ3) is 0.949. The van der Waals surface area contributed by atoms with Gasteiger partial charge in [-0.3, -0.25) is 4.79 Å². The largest absolute Gasteiger partial charge is 0.277 e. The van der Waals surface area contributed by atoms with Crippen LogP contribution in [0.15, 0.2) is 10.3 Å². The Morgan fingerprint density at radius 2 is 2.62 bits per heavy atom. The average molecular weight is 134 g/mol. The lowest BCUT2D eigenvalue weighted by Crippen LogP contribution is -2.15. The second-order valence-corrected chi connectivity index (χ2v) is 1.87. The van der Waals surface area contributed by atoms with Crippen molar-refractivity contribution in [3.05, 3.63) is 0 Å². The Morgan fingerprint density at radius 3 is 2.88 bits per heavy atom. The molecule has 1 aliphatic heterocycles. The Balaban J connectivity index is 2.45. The Hall–Kier alpha value is -0.640.